The third kappa shape index (κ3) is 5.48. The minimum atomic E-state index is -3.70. The van der Waals surface area contributed by atoms with Gasteiger partial charge in [0.25, 0.3) is 0 Å². The quantitative estimate of drug-likeness (QED) is 0.448. The van der Waals surface area contributed by atoms with Gasteiger partial charge in [0.1, 0.15) is 18.2 Å². The van der Waals surface area contributed by atoms with E-state index in [0.29, 0.717) is 18.8 Å². The Labute approximate surface area is 153 Å². The van der Waals surface area contributed by atoms with E-state index in [-0.39, 0.29) is 18.5 Å². The highest BCUT2D eigenvalue weighted by Gasteiger charge is 2.22. The van der Waals surface area contributed by atoms with Crippen LogP contribution in [0, 0.1) is 0 Å². The van der Waals surface area contributed by atoms with Gasteiger partial charge in [0, 0.05) is 19.7 Å². The molecule has 26 heavy (non-hydrogen) atoms. The van der Waals surface area contributed by atoms with Gasteiger partial charge in [-0.1, -0.05) is 13.3 Å². The van der Waals surface area contributed by atoms with Crippen LogP contribution < -0.4 is 5.32 Å². The van der Waals surface area contributed by atoms with Gasteiger partial charge in [-0.25, -0.2) is 15.0 Å². The molecule has 9 nitrogen and oxygen atoms in total. The van der Waals surface area contributed by atoms with E-state index in [1.165, 1.54) is 6.33 Å². The van der Waals surface area contributed by atoms with Gasteiger partial charge >= 0.3 is 7.60 Å². The number of rotatable bonds is 11. The molecular weight excluding hydrogens is 357 g/mol. The first-order chi connectivity index (χ1) is 12.4. The molecular formula is C16H28N5O4P. The van der Waals surface area contributed by atoms with Crippen molar-refractivity contribution in [3.63, 3.8) is 0 Å². The van der Waals surface area contributed by atoms with Crippen LogP contribution in [-0.4, -0.2) is 50.5 Å². The number of aromatic nitrogens is 4. The lowest BCUT2D eigenvalue weighted by Gasteiger charge is -2.19. The average Bonchev–Trinajstić information content (AvgIpc) is 3.00. The topological polar surface area (TPSA) is 111 Å². The molecule has 10 heteroatoms. The minimum Gasteiger partial charge on any atom is -0.371 e. The fraction of sp³-hybridized carbons (Fsp3) is 0.688. The van der Waals surface area contributed by atoms with Crippen molar-refractivity contribution in [2.24, 2.45) is 0 Å². The summed E-state index contributed by atoms with van der Waals surface area (Å²) in [5.41, 5.74) is 1.49. The fourth-order valence-electron chi connectivity index (χ4n) is 2.82. The molecule has 2 aromatic heterocycles. The Bertz CT molecular complexity index is 751. The minimum absolute atomic E-state index is 0.133. The summed E-state index contributed by atoms with van der Waals surface area (Å²) in [6.45, 7) is 5.89. The number of nitrogens with one attached hydrogen (secondary N) is 1. The Morgan fingerprint density at radius 1 is 1.31 bits per heavy atom. The SMILES string of the molecule is CCCC(CCOCP(=O)(O)OC(C)C)n1cnc2c(NC)ncnc21. The number of nitrogens with zero attached hydrogens (tertiary/aromatic N) is 4. The maximum atomic E-state index is 11.8. The Hall–Kier alpha value is -1.54. The van der Waals surface area contributed by atoms with Crippen molar-refractivity contribution < 1.29 is 18.7 Å². The maximum absolute atomic E-state index is 11.8. The summed E-state index contributed by atoms with van der Waals surface area (Å²) in [6.07, 6.45) is 5.24. The summed E-state index contributed by atoms with van der Waals surface area (Å²) in [6, 6.07) is 0.133. The van der Waals surface area contributed by atoms with Crippen molar-refractivity contribution in [2.45, 2.75) is 52.2 Å². The molecule has 2 heterocycles. The standard InChI is InChI=1S/C16H28N5O4P/c1-5-6-13(7-8-24-11-26(22,23)25-12(2)3)21-10-20-14-15(17-4)18-9-19-16(14)21/h9-10,12-13H,5-8,11H2,1-4H3,(H,22,23)(H,17,18,19). The molecule has 0 bridgehead atoms. The molecule has 2 aromatic rings. The third-order valence-electron chi connectivity index (χ3n) is 3.84. The fourth-order valence-corrected chi connectivity index (χ4v) is 3.90. The van der Waals surface area contributed by atoms with Gasteiger partial charge in [0.05, 0.1) is 12.4 Å². The Morgan fingerprint density at radius 3 is 2.73 bits per heavy atom. The number of hydrogen-bond donors (Lipinski definition) is 2. The van der Waals surface area contributed by atoms with Gasteiger partial charge in [-0.05, 0) is 26.7 Å². The second-order valence-electron chi connectivity index (χ2n) is 6.36. The van der Waals surface area contributed by atoms with Crippen molar-refractivity contribution in [3.8, 4) is 0 Å². The molecule has 2 atom stereocenters. The Balaban J connectivity index is 2.02. The summed E-state index contributed by atoms with van der Waals surface area (Å²) in [4.78, 5) is 22.7. The highest BCUT2D eigenvalue weighted by Crippen LogP contribution is 2.43. The Morgan fingerprint density at radius 2 is 2.08 bits per heavy atom. The summed E-state index contributed by atoms with van der Waals surface area (Å²) in [7, 11) is -1.91. The predicted molar refractivity (Wildman–Crippen MR) is 100 cm³/mol. The van der Waals surface area contributed by atoms with Crippen LogP contribution in [0.4, 0.5) is 5.82 Å². The molecule has 2 N–H and O–H groups in total. The third-order valence-corrected chi connectivity index (χ3v) is 5.10. The maximum Gasteiger partial charge on any atom is 0.353 e. The molecule has 2 rings (SSSR count). The van der Waals surface area contributed by atoms with Crippen LogP contribution in [0.5, 0.6) is 0 Å². The first kappa shape index (κ1) is 20.8. The largest absolute Gasteiger partial charge is 0.371 e. The monoisotopic (exact) mass is 385 g/mol. The van der Waals surface area contributed by atoms with Crippen molar-refractivity contribution in [1.29, 1.82) is 0 Å². The smallest absolute Gasteiger partial charge is 0.353 e. The van der Waals surface area contributed by atoms with Crippen LogP contribution in [-0.2, 0) is 13.8 Å². The van der Waals surface area contributed by atoms with Crippen molar-refractivity contribution in [2.75, 3.05) is 25.3 Å². The summed E-state index contributed by atoms with van der Waals surface area (Å²) < 4.78 is 24.3. The lowest BCUT2D eigenvalue weighted by molar-refractivity contribution is 0.121. The van der Waals surface area contributed by atoms with Crippen molar-refractivity contribution in [3.05, 3.63) is 12.7 Å². The number of anilines is 1. The van der Waals surface area contributed by atoms with Gasteiger partial charge in [0.15, 0.2) is 11.5 Å². The van der Waals surface area contributed by atoms with E-state index in [0.717, 1.165) is 24.0 Å². The molecule has 0 aliphatic carbocycles. The highest BCUT2D eigenvalue weighted by molar-refractivity contribution is 7.52. The molecule has 2 unspecified atom stereocenters. The van der Waals surface area contributed by atoms with E-state index in [1.54, 1.807) is 27.2 Å². The zero-order valence-electron chi connectivity index (χ0n) is 15.8. The van der Waals surface area contributed by atoms with E-state index >= 15 is 0 Å². The van der Waals surface area contributed by atoms with Crippen LogP contribution >= 0.6 is 7.60 Å². The predicted octanol–water partition coefficient (Wildman–Crippen LogP) is 3.18. The summed E-state index contributed by atoms with van der Waals surface area (Å²) >= 11 is 0. The van der Waals surface area contributed by atoms with Crippen molar-refractivity contribution >= 4 is 24.6 Å². The number of fused-ring (bicyclic) bond motifs is 1. The van der Waals surface area contributed by atoms with Gasteiger partial charge in [-0.15, -0.1) is 0 Å². The Kier molecular flexibility index (Phi) is 7.52. The first-order valence-electron chi connectivity index (χ1n) is 8.81. The van der Waals surface area contributed by atoms with Crippen LogP contribution in [0.3, 0.4) is 0 Å². The molecule has 0 aliphatic heterocycles. The second-order valence-corrected chi connectivity index (χ2v) is 8.10. The molecule has 0 fully saturated rings. The van der Waals surface area contributed by atoms with Crippen LogP contribution in [0.1, 0.15) is 46.1 Å². The lowest BCUT2D eigenvalue weighted by Crippen LogP contribution is -2.13. The van der Waals surface area contributed by atoms with Gasteiger partial charge in [-0.3, -0.25) is 4.57 Å². The molecule has 0 aliphatic rings. The zero-order valence-corrected chi connectivity index (χ0v) is 16.6. The van der Waals surface area contributed by atoms with Gasteiger partial charge in [0.2, 0.25) is 0 Å². The molecule has 0 spiro atoms. The van der Waals surface area contributed by atoms with Gasteiger partial charge in [-0.2, -0.15) is 0 Å². The van der Waals surface area contributed by atoms with E-state index in [2.05, 4.69) is 27.2 Å². The van der Waals surface area contributed by atoms with Crippen LogP contribution in [0.2, 0.25) is 0 Å². The molecule has 0 aromatic carbocycles. The van der Waals surface area contributed by atoms with E-state index in [4.69, 9.17) is 9.26 Å². The summed E-state index contributed by atoms with van der Waals surface area (Å²) in [5, 5.41) is 3.01. The highest BCUT2D eigenvalue weighted by atomic mass is 31.2. The zero-order chi connectivity index (χ0) is 19.2. The average molecular weight is 385 g/mol. The number of hydrogen-bond acceptors (Lipinski definition) is 7. The van der Waals surface area contributed by atoms with E-state index in [9.17, 15) is 9.46 Å². The van der Waals surface area contributed by atoms with Crippen LogP contribution in [0.25, 0.3) is 11.2 Å². The van der Waals surface area contributed by atoms with Gasteiger partial charge < -0.3 is 24.0 Å². The lowest BCUT2D eigenvalue weighted by atomic mass is 10.1. The van der Waals surface area contributed by atoms with Crippen LogP contribution in [0.15, 0.2) is 12.7 Å². The number of ether oxygens (including phenoxy) is 1. The van der Waals surface area contributed by atoms with Crippen molar-refractivity contribution in [1.82, 2.24) is 19.5 Å². The summed E-state index contributed by atoms with van der Waals surface area (Å²) in [5.74, 6) is 0.687. The normalized spacial score (nSPS) is 15.3. The molecule has 0 radical (unpaired) electrons. The first-order valence-corrected chi connectivity index (χ1v) is 10.6. The van der Waals surface area contributed by atoms with E-state index in [1.807, 2.05) is 4.57 Å². The molecule has 0 saturated heterocycles. The molecule has 0 amide bonds. The second kappa shape index (κ2) is 9.41. The molecule has 146 valence electrons. The van der Waals surface area contributed by atoms with E-state index < -0.39 is 7.60 Å². The molecule has 0 saturated carbocycles. The number of imidazole rings is 1.